The summed E-state index contributed by atoms with van der Waals surface area (Å²) in [5, 5.41) is 5.63. The van der Waals surface area contributed by atoms with E-state index in [1.54, 1.807) is 0 Å². The average Bonchev–Trinajstić information content (AvgIpc) is 2.35. The van der Waals surface area contributed by atoms with Crippen LogP contribution in [0.15, 0.2) is 0 Å². The second-order valence-corrected chi connectivity index (χ2v) is 5.29. The number of amides is 3. The van der Waals surface area contributed by atoms with E-state index in [1.165, 1.54) is 0 Å². The highest BCUT2D eigenvalue weighted by Crippen LogP contribution is 2.22. The summed E-state index contributed by atoms with van der Waals surface area (Å²) in [5.74, 6) is -0.332. The summed E-state index contributed by atoms with van der Waals surface area (Å²) in [6.07, 6.45) is 5.62. The summed E-state index contributed by atoms with van der Waals surface area (Å²) in [6.45, 7) is 3.47. The maximum Gasteiger partial charge on any atom is 0.318 e. The monoisotopic (exact) mass is 270 g/mol. The Hall–Kier alpha value is -1.14. The van der Waals surface area contributed by atoms with Crippen molar-refractivity contribution in [1.82, 2.24) is 15.5 Å². The first-order valence-corrected chi connectivity index (χ1v) is 7.05. The summed E-state index contributed by atoms with van der Waals surface area (Å²) >= 11 is 0. The average molecular weight is 270 g/mol. The molecule has 19 heavy (non-hydrogen) atoms. The summed E-state index contributed by atoms with van der Waals surface area (Å²) in [4.78, 5) is 24.0. The lowest BCUT2D eigenvalue weighted by Crippen LogP contribution is -2.46. The fourth-order valence-corrected chi connectivity index (χ4v) is 2.60. The molecule has 1 aliphatic rings. The molecule has 1 saturated carbocycles. The molecule has 0 aromatic carbocycles. The van der Waals surface area contributed by atoms with Gasteiger partial charge < -0.3 is 11.1 Å². The van der Waals surface area contributed by atoms with E-state index in [2.05, 4.69) is 17.6 Å². The SMILES string of the molecule is CCCNC1CCC(N(C)CC(=O)NC(N)=O)CC1. The number of hydrogen-bond acceptors (Lipinski definition) is 4. The lowest BCUT2D eigenvalue weighted by Gasteiger charge is -2.34. The van der Waals surface area contributed by atoms with E-state index in [0.717, 1.165) is 38.6 Å². The lowest BCUT2D eigenvalue weighted by atomic mass is 9.90. The van der Waals surface area contributed by atoms with Gasteiger partial charge in [0.15, 0.2) is 0 Å². The van der Waals surface area contributed by atoms with E-state index in [0.29, 0.717) is 12.1 Å². The van der Waals surface area contributed by atoms with Gasteiger partial charge in [-0.05, 0) is 45.7 Å². The van der Waals surface area contributed by atoms with Crippen molar-refractivity contribution in [2.45, 2.75) is 51.1 Å². The Morgan fingerprint density at radius 1 is 1.26 bits per heavy atom. The van der Waals surface area contributed by atoms with Crippen molar-refractivity contribution in [3.05, 3.63) is 0 Å². The van der Waals surface area contributed by atoms with Crippen LogP contribution in [-0.2, 0) is 4.79 Å². The van der Waals surface area contributed by atoms with Gasteiger partial charge in [0.25, 0.3) is 0 Å². The van der Waals surface area contributed by atoms with Crippen molar-refractivity contribution in [2.24, 2.45) is 5.73 Å². The van der Waals surface area contributed by atoms with Crippen LogP contribution >= 0.6 is 0 Å². The smallest absolute Gasteiger partial charge is 0.318 e. The zero-order valence-corrected chi connectivity index (χ0v) is 11.9. The third-order valence-corrected chi connectivity index (χ3v) is 3.66. The Labute approximate surface area is 115 Å². The van der Waals surface area contributed by atoms with Crippen molar-refractivity contribution in [1.29, 1.82) is 0 Å². The van der Waals surface area contributed by atoms with E-state index >= 15 is 0 Å². The Kier molecular flexibility index (Phi) is 6.80. The minimum Gasteiger partial charge on any atom is -0.351 e. The van der Waals surface area contributed by atoms with Crippen LogP contribution in [0, 0.1) is 0 Å². The number of carbonyl (C=O) groups is 2. The molecule has 0 unspecified atom stereocenters. The van der Waals surface area contributed by atoms with Gasteiger partial charge in [-0.25, -0.2) is 4.79 Å². The van der Waals surface area contributed by atoms with Crippen LogP contribution in [0.4, 0.5) is 4.79 Å². The quantitative estimate of drug-likeness (QED) is 0.653. The van der Waals surface area contributed by atoms with Crippen molar-refractivity contribution in [3.63, 3.8) is 0 Å². The van der Waals surface area contributed by atoms with E-state index in [-0.39, 0.29) is 12.5 Å². The topological polar surface area (TPSA) is 87.5 Å². The first-order valence-electron chi connectivity index (χ1n) is 7.05. The van der Waals surface area contributed by atoms with Crippen molar-refractivity contribution in [3.8, 4) is 0 Å². The first-order chi connectivity index (χ1) is 9.02. The fourth-order valence-electron chi connectivity index (χ4n) is 2.60. The highest BCUT2D eigenvalue weighted by molar-refractivity contribution is 5.94. The molecular weight excluding hydrogens is 244 g/mol. The molecule has 110 valence electrons. The molecule has 0 aliphatic heterocycles. The second-order valence-electron chi connectivity index (χ2n) is 5.29. The van der Waals surface area contributed by atoms with E-state index in [4.69, 9.17) is 5.73 Å². The highest BCUT2D eigenvalue weighted by Gasteiger charge is 2.24. The number of nitrogens with one attached hydrogen (secondary N) is 2. The van der Waals surface area contributed by atoms with Crippen LogP contribution in [0.1, 0.15) is 39.0 Å². The van der Waals surface area contributed by atoms with Gasteiger partial charge in [-0.15, -0.1) is 0 Å². The molecule has 0 aromatic heterocycles. The fraction of sp³-hybridized carbons (Fsp3) is 0.846. The van der Waals surface area contributed by atoms with Gasteiger partial charge in [0.05, 0.1) is 6.54 Å². The van der Waals surface area contributed by atoms with Crippen LogP contribution in [0.25, 0.3) is 0 Å². The van der Waals surface area contributed by atoms with Crippen molar-refractivity contribution >= 4 is 11.9 Å². The molecule has 4 N–H and O–H groups in total. The number of carbonyl (C=O) groups excluding carboxylic acids is 2. The van der Waals surface area contributed by atoms with E-state index in [9.17, 15) is 9.59 Å². The van der Waals surface area contributed by atoms with Crippen LogP contribution in [0.2, 0.25) is 0 Å². The number of nitrogens with zero attached hydrogens (tertiary/aromatic N) is 1. The van der Waals surface area contributed by atoms with Crippen LogP contribution in [0.3, 0.4) is 0 Å². The molecule has 1 rings (SSSR count). The number of nitrogens with two attached hydrogens (primary N) is 1. The van der Waals surface area contributed by atoms with Gasteiger partial charge in [-0.2, -0.15) is 0 Å². The minimum absolute atomic E-state index is 0.223. The normalized spacial score (nSPS) is 23.3. The summed E-state index contributed by atoms with van der Waals surface area (Å²) < 4.78 is 0. The maximum absolute atomic E-state index is 11.4. The molecular formula is C13H26N4O2. The molecule has 1 aliphatic carbocycles. The standard InChI is InChI=1S/C13H26N4O2/c1-3-8-15-10-4-6-11(7-5-10)17(2)9-12(18)16-13(14)19/h10-11,15H,3-9H2,1-2H3,(H3,14,16,18,19). The maximum atomic E-state index is 11.4. The van der Waals surface area contributed by atoms with Crippen LogP contribution in [-0.4, -0.2) is 49.1 Å². The lowest BCUT2D eigenvalue weighted by molar-refractivity contribution is -0.121. The molecule has 0 aromatic rings. The predicted molar refractivity (Wildman–Crippen MR) is 74.7 cm³/mol. The number of likely N-dealkylation sites (N-methyl/N-ethyl adjacent to an activating group) is 1. The number of hydrogen-bond donors (Lipinski definition) is 3. The van der Waals surface area contributed by atoms with Gasteiger partial charge in [-0.3, -0.25) is 15.0 Å². The first kappa shape index (κ1) is 15.9. The van der Waals surface area contributed by atoms with Crippen LogP contribution in [0.5, 0.6) is 0 Å². The number of primary amides is 1. The molecule has 1 fully saturated rings. The summed E-state index contributed by atoms with van der Waals surface area (Å²) in [5.41, 5.74) is 4.91. The molecule has 0 heterocycles. The Balaban J connectivity index is 2.26. The Bertz CT molecular complexity index is 301. The van der Waals surface area contributed by atoms with Gasteiger partial charge in [0, 0.05) is 12.1 Å². The molecule has 6 heteroatoms. The molecule has 0 spiro atoms. The van der Waals surface area contributed by atoms with Gasteiger partial charge in [-0.1, -0.05) is 6.92 Å². The molecule has 3 amide bonds. The highest BCUT2D eigenvalue weighted by atomic mass is 16.2. The van der Waals surface area contributed by atoms with Gasteiger partial charge in [0.1, 0.15) is 0 Å². The molecule has 0 radical (unpaired) electrons. The predicted octanol–water partition coefficient (Wildman–Crippen LogP) is 0.424. The molecule has 6 nitrogen and oxygen atoms in total. The number of rotatable bonds is 6. The zero-order chi connectivity index (χ0) is 14.3. The van der Waals surface area contributed by atoms with Gasteiger partial charge in [0.2, 0.25) is 5.91 Å². The molecule has 0 saturated heterocycles. The van der Waals surface area contributed by atoms with E-state index in [1.807, 2.05) is 11.9 Å². The molecule has 0 atom stereocenters. The summed E-state index contributed by atoms with van der Waals surface area (Å²) in [6, 6.07) is 0.244. The second kappa shape index (κ2) is 8.12. The van der Waals surface area contributed by atoms with Crippen molar-refractivity contribution < 1.29 is 9.59 Å². The third-order valence-electron chi connectivity index (χ3n) is 3.66. The third kappa shape index (κ3) is 6.02. The molecule has 0 bridgehead atoms. The Morgan fingerprint density at radius 2 is 1.89 bits per heavy atom. The zero-order valence-electron chi connectivity index (χ0n) is 11.9. The largest absolute Gasteiger partial charge is 0.351 e. The van der Waals surface area contributed by atoms with Crippen molar-refractivity contribution in [2.75, 3.05) is 20.1 Å². The Morgan fingerprint density at radius 3 is 2.42 bits per heavy atom. The number of urea groups is 1. The van der Waals surface area contributed by atoms with Crippen LogP contribution < -0.4 is 16.4 Å². The van der Waals surface area contributed by atoms with Gasteiger partial charge >= 0.3 is 6.03 Å². The summed E-state index contributed by atoms with van der Waals surface area (Å²) in [7, 11) is 1.92. The number of imide groups is 1. The van der Waals surface area contributed by atoms with E-state index < -0.39 is 6.03 Å². The minimum atomic E-state index is -0.786.